The highest BCUT2D eigenvalue weighted by Crippen LogP contribution is 2.37. The van der Waals surface area contributed by atoms with Gasteiger partial charge in [0, 0.05) is 31.3 Å². The predicted octanol–water partition coefficient (Wildman–Crippen LogP) is 4.06. The van der Waals surface area contributed by atoms with Crippen molar-refractivity contribution in [1.82, 2.24) is 9.97 Å². The first-order valence-electron chi connectivity index (χ1n) is 10.9. The Hall–Kier alpha value is -4.27. The van der Waals surface area contributed by atoms with Gasteiger partial charge >= 0.3 is 0 Å². The van der Waals surface area contributed by atoms with E-state index in [0.29, 0.717) is 59.3 Å². The summed E-state index contributed by atoms with van der Waals surface area (Å²) in [7, 11) is 0. The van der Waals surface area contributed by atoms with Crippen molar-refractivity contribution in [1.29, 1.82) is 0 Å². The number of nitrogens with one attached hydrogen (secondary N) is 1. The number of aromatic nitrogens is 3. The van der Waals surface area contributed by atoms with E-state index in [9.17, 15) is 14.4 Å². The normalized spacial score (nSPS) is 12.7. The monoisotopic (exact) mass is 459 g/mol. The molecule has 0 atom stereocenters. The van der Waals surface area contributed by atoms with Crippen LogP contribution in [0, 0.1) is 18.1 Å². The molecule has 34 heavy (non-hydrogen) atoms. The number of nitrogens with zero attached hydrogens (tertiary/aromatic N) is 4. The summed E-state index contributed by atoms with van der Waals surface area (Å²) in [4.78, 5) is 23.3. The van der Waals surface area contributed by atoms with Crippen molar-refractivity contribution in [2.24, 2.45) is 0 Å². The molecule has 1 aliphatic rings. The number of ether oxygens (including phenoxy) is 1. The van der Waals surface area contributed by atoms with Crippen LogP contribution in [0.3, 0.4) is 0 Å². The van der Waals surface area contributed by atoms with E-state index in [1.165, 1.54) is 12.3 Å². The van der Waals surface area contributed by atoms with Crippen molar-refractivity contribution >= 4 is 34.1 Å². The minimum Gasteiger partial charge on any atom is -0.618 e. The van der Waals surface area contributed by atoms with E-state index in [-0.39, 0.29) is 5.91 Å². The summed E-state index contributed by atoms with van der Waals surface area (Å²) in [6.45, 7) is 4.41. The molecule has 0 fully saturated rings. The molecule has 8 nitrogen and oxygen atoms in total. The molecule has 5 rings (SSSR count). The van der Waals surface area contributed by atoms with Gasteiger partial charge in [0.05, 0.1) is 23.2 Å². The molecule has 0 aliphatic carbocycles. The lowest BCUT2D eigenvalue weighted by molar-refractivity contribution is -0.577. The SMILES string of the molecule is CCN1c2ncc(CCOc3cccc4c3ccc[n+]4[O-])cc2C(=O)Nc2c(C)cc(F)nc21. The average Bonchev–Trinajstić information content (AvgIpc) is 2.94. The predicted molar refractivity (Wildman–Crippen MR) is 126 cm³/mol. The Balaban J connectivity index is 1.40. The molecule has 0 saturated heterocycles. The third kappa shape index (κ3) is 3.75. The van der Waals surface area contributed by atoms with E-state index in [1.807, 2.05) is 19.1 Å². The number of hydrogen-bond donors (Lipinski definition) is 1. The zero-order valence-corrected chi connectivity index (χ0v) is 18.7. The van der Waals surface area contributed by atoms with E-state index in [2.05, 4.69) is 15.3 Å². The van der Waals surface area contributed by atoms with Crippen molar-refractivity contribution in [3.63, 3.8) is 0 Å². The maximum Gasteiger partial charge on any atom is 0.259 e. The van der Waals surface area contributed by atoms with Crippen molar-refractivity contribution in [2.45, 2.75) is 20.3 Å². The van der Waals surface area contributed by atoms with Crippen LogP contribution in [0.25, 0.3) is 10.9 Å². The van der Waals surface area contributed by atoms with Crippen LogP contribution in [0.4, 0.5) is 21.7 Å². The maximum atomic E-state index is 14.0. The molecule has 0 saturated carbocycles. The van der Waals surface area contributed by atoms with Crippen LogP contribution in [-0.4, -0.2) is 29.0 Å². The number of hydrogen-bond acceptors (Lipinski definition) is 6. The molecule has 3 aromatic heterocycles. The Labute approximate surface area is 195 Å². The summed E-state index contributed by atoms with van der Waals surface area (Å²) < 4.78 is 20.8. The average molecular weight is 459 g/mol. The van der Waals surface area contributed by atoms with Crippen LogP contribution >= 0.6 is 0 Å². The molecule has 1 N–H and O–H groups in total. The molecular formula is C25H22FN5O3. The summed E-state index contributed by atoms with van der Waals surface area (Å²) in [5.41, 5.74) is 2.79. The highest BCUT2D eigenvalue weighted by atomic mass is 19.1. The van der Waals surface area contributed by atoms with Crippen LogP contribution in [0.15, 0.2) is 54.9 Å². The first kappa shape index (κ1) is 21.6. The lowest BCUT2D eigenvalue weighted by Gasteiger charge is -2.22. The van der Waals surface area contributed by atoms with Gasteiger partial charge in [-0.3, -0.25) is 4.79 Å². The maximum absolute atomic E-state index is 14.0. The summed E-state index contributed by atoms with van der Waals surface area (Å²) >= 11 is 0. The van der Waals surface area contributed by atoms with Crippen LogP contribution in [-0.2, 0) is 6.42 Å². The third-order valence-corrected chi connectivity index (χ3v) is 5.81. The van der Waals surface area contributed by atoms with Gasteiger partial charge < -0.3 is 20.2 Å². The standard InChI is InChI=1S/C25H22FN5O3/c1-3-30-23-18(25(32)29-22-15(2)12-21(26)28-24(22)30)13-16(14-27-23)9-11-34-20-8-4-7-19-17(20)6-5-10-31(19)33/h4-8,10,12-14H,3,9,11H2,1-2H3,(H,29,32). The smallest absolute Gasteiger partial charge is 0.259 e. The molecule has 172 valence electrons. The summed E-state index contributed by atoms with van der Waals surface area (Å²) in [5, 5.41) is 15.6. The van der Waals surface area contributed by atoms with Gasteiger partial charge in [0.1, 0.15) is 11.6 Å². The lowest BCUT2D eigenvalue weighted by atomic mass is 10.1. The van der Waals surface area contributed by atoms with Gasteiger partial charge in [-0.25, -0.2) is 4.98 Å². The van der Waals surface area contributed by atoms with Crippen molar-refractivity contribution < 1.29 is 18.7 Å². The Morgan fingerprint density at radius 1 is 1.21 bits per heavy atom. The van der Waals surface area contributed by atoms with Crippen LogP contribution < -0.4 is 19.7 Å². The second-order valence-electron chi connectivity index (χ2n) is 7.99. The first-order chi connectivity index (χ1) is 16.5. The molecule has 1 aliphatic heterocycles. The van der Waals surface area contributed by atoms with Gasteiger partial charge in [-0.2, -0.15) is 14.1 Å². The van der Waals surface area contributed by atoms with E-state index < -0.39 is 5.95 Å². The number of benzene rings is 1. The van der Waals surface area contributed by atoms with Crippen LogP contribution in [0.1, 0.15) is 28.4 Å². The highest BCUT2D eigenvalue weighted by Gasteiger charge is 2.28. The summed E-state index contributed by atoms with van der Waals surface area (Å²) in [6, 6.07) is 11.9. The quantitative estimate of drug-likeness (QED) is 0.275. The van der Waals surface area contributed by atoms with Gasteiger partial charge in [-0.05, 0) is 49.2 Å². The van der Waals surface area contributed by atoms with E-state index in [4.69, 9.17) is 4.74 Å². The summed E-state index contributed by atoms with van der Waals surface area (Å²) in [6.07, 6.45) is 3.63. The van der Waals surface area contributed by atoms with Crippen LogP contribution in [0.2, 0.25) is 0 Å². The van der Waals surface area contributed by atoms with E-state index >= 15 is 0 Å². The topological polar surface area (TPSA) is 94.3 Å². The van der Waals surface area contributed by atoms with E-state index in [1.54, 1.807) is 42.3 Å². The highest BCUT2D eigenvalue weighted by molar-refractivity contribution is 6.11. The number of rotatable bonds is 5. The fourth-order valence-corrected chi connectivity index (χ4v) is 4.16. The Morgan fingerprint density at radius 2 is 2.06 bits per heavy atom. The van der Waals surface area contributed by atoms with Gasteiger partial charge in [0.2, 0.25) is 11.5 Å². The third-order valence-electron chi connectivity index (χ3n) is 5.81. The minimum atomic E-state index is -0.614. The molecule has 0 spiro atoms. The Morgan fingerprint density at radius 3 is 2.88 bits per heavy atom. The van der Waals surface area contributed by atoms with E-state index in [0.717, 1.165) is 15.7 Å². The fourth-order valence-electron chi connectivity index (χ4n) is 4.16. The molecule has 0 bridgehead atoms. The van der Waals surface area contributed by atoms with Crippen molar-refractivity contribution in [2.75, 3.05) is 23.4 Å². The van der Waals surface area contributed by atoms with Gasteiger partial charge in [0.15, 0.2) is 12.0 Å². The zero-order valence-electron chi connectivity index (χ0n) is 18.7. The number of anilines is 3. The first-order valence-corrected chi connectivity index (χ1v) is 10.9. The molecule has 4 aromatic rings. The van der Waals surface area contributed by atoms with Crippen LogP contribution in [0.5, 0.6) is 5.75 Å². The van der Waals surface area contributed by atoms with Gasteiger partial charge in [-0.1, -0.05) is 6.07 Å². The number of fused-ring (bicyclic) bond motifs is 3. The minimum absolute atomic E-state index is 0.326. The lowest BCUT2D eigenvalue weighted by Crippen LogP contribution is -2.25. The number of amides is 1. The molecule has 0 radical (unpaired) electrons. The second-order valence-corrected chi connectivity index (χ2v) is 7.99. The Bertz CT molecular complexity index is 1430. The number of carbonyl (C=O) groups excluding carboxylic acids is 1. The number of carbonyl (C=O) groups is 1. The van der Waals surface area contributed by atoms with Gasteiger partial charge in [-0.15, -0.1) is 0 Å². The number of aryl methyl sites for hydroxylation is 1. The van der Waals surface area contributed by atoms with Gasteiger partial charge in [0.25, 0.3) is 5.91 Å². The largest absolute Gasteiger partial charge is 0.618 e. The summed E-state index contributed by atoms with van der Waals surface area (Å²) in [5.74, 6) is 0.432. The number of halogens is 1. The fraction of sp³-hybridized carbons (Fsp3) is 0.200. The second kappa shape index (κ2) is 8.58. The molecule has 1 aromatic carbocycles. The zero-order chi connectivity index (χ0) is 23.8. The van der Waals surface area contributed by atoms with Crippen molar-refractivity contribution in [3.05, 3.63) is 82.7 Å². The van der Waals surface area contributed by atoms with Crippen molar-refractivity contribution in [3.8, 4) is 5.75 Å². The molecular weight excluding hydrogens is 437 g/mol. The number of pyridine rings is 3. The molecule has 9 heteroatoms. The molecule has 1 amide bonds. The Kier molecular flexibility index (Phi) is 5.45. The molecule has 0 unspecified atom stereocenters. The molecule has 4 heterocycles.